The van der Waals surface area contributed by atoms with Crippen molar-refractivity contribution in [2.24, 2.45) is 4.36 Å². The summed E-state index contributed by atoms with van der Waals surface area (Å²) in [7, 11) is -5.62. The molecule has 2 fully saturated rings. The Balaban J connectivity index is 1.25. The number of nitrogens with zero attached hydrogens (tertiary/aromatic N) is 4. The van der Waals surface area contributed by atoms with Crippen molar-refractivity contribution in [3.8, 4) is 28.4 Å². The average molecular weight is 769 g/mol. The van der Waals surface area contributed by atoms with Gasteiger partial charge in [-0.05, 0) is 47.4 Å². The van der Waals surface area contributed by atoms with Crippen LogP contribution in [0.15, 0.2) is 59.0 Å². The minimum atomic E-state index is -2.25. The lowest BCUT2D eigenvalue weighted by Crippen LogP contribution is -2.47. The van der Waals surface area contributed by atoms with Gasteiger partial charge in [-0.1, -0.05) is 76.8 Å². The monoisotopic (exact) mass is 768 g/mol. The summed E-state index contributed by atoms with van der Waals surface area (Å²) in [5, 5.41) is 0.0596. The van der Waals surface area contributed by atoms with Crippen LogP contribution < -0.4 is 4.74 Å². The summed E-state index contributed by atoms with van der Waals surface area (Å²) in [6, 6.07) is 17.8. The molecule has 0 spiro atoms. The first-order valence-electron chi connectivity index (χ1n) is 17.9. The fourth-order valence-electron chi connectivity index (χ4n) is 6.07. The zero-order chi connectivity index (χ0) is 37.6. The molecule has 282 valence electrons. The van der Waals surface area contributed by atoms with Gasteiger partial charge < -0.3 is 23.4 Å². The lowest BCUT2D eigenvalue weighted by molar-refractivity contribution is 0.00691. The van der Waals surface area contributed by atoms with E-state index in [2.05, 4.69) is 57.9 Å². The molecule has 0 bridgehead atoms. The maximum Gasteiger partial charge on any atom is 0.301 e. The SMILES string of the molecule is CC(C)(C)[Si](C)(C)O[C@@H]1CO[C@H]2[C@@H]1OC[C@H]2Oc1nc2nc(-c3ccc(-c4ccc(N=S(C)(C)=O)cc4)cc3)c(F)cc2n1COCC[Si](C)(C)C. The molecule has 2 aliphatic rings. The summed E-state index contributed by atoms with van der Waals surface area (Å²) in [6.45, 7) is 19.5. The van der Waals surface area contributed by atoms with Crippen molar-refractivity contribution >= 4 is 43.0 Å². The van der Waals surface area contributed by atoms with E-state index in [1.54, 1.807) is 17.1 Å². The third kappa shape index (κ3) is 8.86. The second-order valence-corrected chi connectivity index (χ2v) is 29.8. The summed E-state index contributed by atoms with van der Waals surface area (Å²) in [5.41, 5.74) is 4.22. The van der Waals surface area contributed by atoms with Gasteiger partial charge >= 0.3 is 6.01 Å². The average Bonchev–Trinajstić information content (AvgIpc) is 3.72. The molecule has 0 N–H and O–H groups in total. The van der Waals surface area contributed by atoms with Gasteiger partial charge in [0.2, 0.25) is 0 Å². The predicted octanol–water partition coefficient (Wildman–Crippen LogP) is 8.51. The van der Waals surface area contributed by atoms with E-state index in [9.17, 15) is 4.21 Å². The summed E-state index contributed by atoms with van der Waals surface area (Å²) >= 11 is 0. The normalized spacial score (nSPS) is 21.1. The molecule has 0 radical (unpaired) electrons. The molecule has 0 saturated carbocycles. The number of halogens is 1. The van der Waals surface area contributed by atoms with Gasteiger partial charge in [0.1, 0.15) is 24.6 Å². The lowest BCUT2D eigenvalue weighted by Gasteiger charge is -2.39. The zero-order valence-corrected chi connectivity index (χ0v) is 34.9. The number of ether oxygens (including phenoxy) is 4. The third-order valence-electron chi connectivity index (χ3n) is 10.0. The van der Waals surface area contributed by atoms with E-state index in [0.717, 1.165) is 17.2 Å². The Kier molecular flexibility index (Phi) is 10.9. The minimum absolute atomic E-state index is 0.0596. The summed E-state index contributed by atoms with van der Waals surface area (Å²) < 4.78 is 65.8. The van der Waals surface area contributed by atoms with E-state index in [1.165, 1.54) is 6.07 Å². The van der Waals surface area contributed by atoms with E-state index in [-0.39, 0.29) is 41.8 Å². The Morgan fingerprint density at radius 1 is 0.904 bits per heavy atom. The van der Waals surface area contributed by atoms with Crippen molar-refractivity contribution in [3.63, 3.8) is 0 Å². The van der Waals surface area contributed by atoms with Crippen LogP contribution in [0, 0.1) is 5.82 Å². The van der Waals surface area contributed by atoms with Gasteiger partial charge in [-0.15, -0.1) is 0 Å². The fraction of sp³-hybridized carbons (Fsp3) is 0.526. The van der Waals surface area contributed by atoms with Crippen LogP contribution in [0.5, 0.6) is 6.01 Å². The number of pyridine rings is 1. The standard InChI is InChI=1S/C38H53FN4O6SSi2/c1-38(2,3)52(9,10)49-32-23-47-34-31(22-46-35(32)34)48-37-41-36-30(43(37)24-45-19-20-51(6,7)8)21-29(39)33(40-36)27-13-11-25(12-14-27)26-15-17-28(18-16-26)42-50(4,5)44/h11-18,21,31-32,34-35H,19-20,22-24H2,1-10H3/t31-,32-,34-,35-/m1/s1. The van der Waals surface area contributed by atoms with Crippen LogP contribution in [0.2, 0.25) is 43.8 Å². The van der Waals surface area contributed by atoms with Gasteiger partial charge in [-0.3, -0.25) is 4.57 Å². The van der Waals surface area contributed by atoms with Crippen molar-refractivity contribution in [1.82, 2.24) is 14.5 Å². The Morgan fingerprint density at radius 2 is 1.48 bits per heavy atom. The highest BCUT2D eigenvalue weighted by atomic mass is 32.2. The van der Waals surface area contributed by atoms with Crippen molar-refractivity contribution in [2.45, 2.75) is 95.7 Å². The molecule has 2 aliphatic heterocycles. The van der Waals surface area contributed by atoms with Gasteiger partial charge in [0.05, 0.1) is 30.5 Å². The first kappa shape index (κ1) is 38.7. The van der Waals surface area contributed by atoms with E-state index < -0.39 is 38.0 Å². The third-order valence-corrected chi connectivity index (χ3v) is 16.9. The first-order valence-corrected chi connectivity index (χ1v) is 26.8. The van der Waals surface area contributed by atoms with Gasteiger partial charge in [-0.2, -0.15) is 9.35 Å². The summed E-state index contributed by atoms with van der Waals surface area (Å²) in [4.78, 5) is 9.49. The Bertz CT molecular complexity index is 2010. The van der Waals surface area contributed by atoms with Crippen LogP contribution in [-0.2, 0) is 35.1 Å². The van der Waals surface area contributed by atoms with Crippen LogP contribution in [0.1, 0.15) is 20.8 Å². The van der Waals surface area contributed by atoms with E-state index in [4.69, 9.17) is 33.3 Å². The van der Waals surface area contributed by atoms with Crippen molar-refractivity contribution in [2.75, 3.05) is 32.3 Å². The van der Waals surface area contributed by atoms with Crippen molar-refractivity contribution < 1.29 is 32.0 Å². The second kappa shape index (κ2) is 14.7. The molecule has 4 heterocycles. The molecule has 2 aromatic carbocycles. The molecule has 0 unspecified atom stereocenters. The fourth-order valence-corrected chi connectivity index (χ4v) is 8.77. The lowest BCUT2D eigenvalue weighted by atomic mass is 10.0. The number of hydrogen-bond acceptors (Lipinski definition) is 9. The van der Waals surface area contributed by atoms with Crippen LogP contribution >= 0.6 is 0 Å². The van der Waals surface area contributed by atoms with Gasteiger partial charge in [0.15, 0.2) is 25.9 Å². The molecular weight excluding hydrogens is 716 g/mol. The smallest absolute Gasteiger partial charge is 0.301 e. The molecule has 4 atom stereocenters. The molecular formula is C38H53FN4O6SSi2. The number of fused-ring (bicyclic) bond motifs is 2. The number of benzene rings is 2. The van der Waals surface area contributed by atoms with Crippen molar-refractivity contribution in [1.29, 1.82) is 0 Å². The van der Waals surface area contributed by atoms with E-state index in [0.29, 0.717) is 42.2 Å². The topological polar surface area (TPSA) is 106 Å². The molecule has 52 heavy (non-hydrogen) atoms. The van der Waals surface area contributed by atoms with Gasteiger partial charge in [0, 0.05) is 48.6 Å². The molecule has 0 aliphatic carbocycles. The largest absolute Gasteiger partial charge is 0.456 e. The maximum absolute atomic E-state index is 15.9. The molecule has 0 amide bonds. The quantitative estimate of drug-likeness (QED) is 0.104. The first-order chi connectivity index (χ1) is 24.3. The highest BCUT2D eigenvalue weighted by molar-refractivity contribution is 7.92. The summed E-state index contributed by atoms with van der Waals surface area (Å²) in [5.74, 6) is -0.474. The number of imidazole rings is 1. The number of aromatic nitrogens is 3. The molecule has 2 aromatic heterocycles. The molecule has 2 saturated heterocycles. The van der Waals surface area contributed by atoms with Crippen LogP contribution in [0.4, 0.5) is 10.1 Å². The molecule has 6 rings (SSSR count). The Hall–Kier alpha value is -2.99. The van der Waals surface area contributed by atoms with Crippen LogP contribution in [0.3, 0.4) is 0 Å². The second-order valence-electron chi connectivity index (χ2n) is 16.9. The highest BCUT2D eigenvalue weighted by Crippen LogP contribution is 2.41. The summed E-state index contributed by atoms with van der Waals surface area (Å²) in [6.07, 6.45) is 2.06. The highest BCUT2D eigenvalue weighted by Gasteiger charge is 2.52. The molecule has 14 heteroatoms. The Labute approximate surface area is 309 Å². The minimum Gasteiger partial charge on any atom is -0.456 e. The number of hydrogen-bond donors (Lipinski definition) is 0. The van der Waals surface area contributed by atoms with Gasteiger partial charge in [0.25, 0.3) is 0 Å². The van der Waals surface area contributed by atoms with E-state index >= 15 is 4.39 Å². The maximum atomic E-state index is 15.9. The zero-order valence-electron chi connectivity index (χ0n) is 32.1. The van der Waals surface area contributed by atoms with Crippen LogP contribution in [-0.4, -0.2) is 91.9 Å². The van der Waals surface area contributed by atoms with Gasteiger partial charge in [-0.25, -0.2) is 13.6 Å². The van der Waals surface area contributed by atoms with Crippen LogP contribution in [0.25, 0.3) is 33.5 Å². The molecule has 4 aromatic rings. The predicted molar refractivity (Wildman–Crippen MR) is 211 cm³/mol. The number of rotatable bonds is 12. The van der Waals surface area contributed by atoms with Crippen molar-refractivity contribution in [3.05, 3.63) is 60.4 Å². The molecule has 10 nitrogen and oxygen atoms in total. The van der Waals surface area contributed by atoms with E-state index in [1.807, 2.05) is 48.5 Å². The Morgan fingerprint density at radius 3 is 2.08 bits per heavy atom.